The van der Waals surface area contributed by atoms with Gasteiger partial charge in [0.1, 0.15) is 5.75 Å². The molecule has 2 rings (SSSR count). The van der Waals surface area contributed by atoms with Crippen LogP contribution >= 0.6 is 0 Å². The number of benzene rings is 1. The highest BCUT2D eigenvalue weighted by molar-refractivity contribution is 7.89. The summed E-state index contributed by atoms with van der Waals surface area (Å²) in [6.07, 6.45) is 2.27. The van der Waals surface area contributed by atoms with Crippen LogP contribution in [-0.4, -0.2) is 51.1 Å². The van der Waals surface area contributed by atoms with Gasteiger partial charge in [-0.2, -0.15) is 0 Å². The van der Waals surface area contributed by atoms with Gasteiger partial charge in [0.2, 0.25) is 10.0 Å². The summed E-state index contributed by atoms with van der Waals surface area (Å²) in [7, 11) is -1.50. The first-order chi connectivity index (χ1) is 10.5. The van der Waals surface area contributed by atoms with E-state index in [-0.39, 0.29) is 11.7 Å². The van der Waals surface area contributed by atoms with Gasteiger partial charge in [-0.15, -0.1) is 0 Å². The van der Waals surface area contributed by atoms with Crippen LogP contribution in [0.2, 0.25) is 0 Å². The molecule has 1 heterocycles. The molecule has 1 saturated heterocycles. The lowest BCUT2D eigenvalue weighted by Crippen LogP contribution is -2.39. The maximum absolute atomic E-state index is 11.9. The van der Waals surface area contributed by atoms with E-state index in [9.17, 15) is 13.2 Å². The number of ether oxygens (including phenoxy) is 1. The second kappa shape index (κ2) is 7.60. The molecule has 0 unspecified atom stereocenters. The normalized spacial score (nSPS) is 17.9. The maximum Gasteiger partial charge on any atom is 0.251 e. The van der Waals surface area contributed by atoms with Crippen molar-refractivity contribution < 1.29 is 17.9 Å². The smallest absolute Gasteiger partial charge is 0.251 e. The molecule has 22 heavy (non-hydrogen) atoms. The predicted octanol–water partition coefficient (Wildman–Crippen LogP) is 1.24. The summed E-state index contributed by atoms with van der Waals surface area (Å²) < 4.78 is 30.2. The number of carbonyl (C=O) groups excluding carboxylic acids is 1. The van der Waals surface area contributed by atoms with Crippen LogP contribution in [0, 0.1) is 0 Å². The highest BCUT2D eigenvalue weighted by Gasteiger charge is 2.24. The van der Waals surface area contributed by atoms with E-state index < -0.39 is 10.0 Å². The molecule has 0 spiro atoms. The molecule has 1 amide bonds. The van der Waals surface area contributed by atoms with Crippen molar-refractivity contribution in [1.82, 2.24) is 9.62 Å². The van der Waals surface area contributed by atoms with E-state index in [1.54, 1.807) is 31.4 Å². The number of nitrogens with one attached hydrogen (secondary N) is 1. The van der Waals surface area contributed by atoms with E-state index in [1.807, 2.05) is 0 Å². The summed E-state index contributed by atoms with van der Waals surface area (Å²) in [5.74, 6) is 0.779. The van der Waals surface area contributed by atoms with Gasteiger partial charge in [0.25, 0.3) is 5.91 Å². The van der Waals surface area contributed by atoms with Gasteiger partial charge in [-0.3, -0.25) is 4.79 Å². The monoisotopic (exact) mass is 326 g/mol. The molecule has 0 bridgehead atoms. The fourth-order valence-corrected chi connectivity index (χ4v) is 4.04. The molecule has 1 aliphatic rings. The van der Waals surface area contributed by atoms with Crippen molar-refractivity contribution in [2.24, 2.45) is 0 Å². The van der Waals surface area contributed by atoms with Gasteiger partial charge >= 0.3 is 0 Å². The second-order valence-corrected chi connectivity index (χ2v) is 7.35. The van der Waals surface area contributed by atoms with Gasteiger partial charge in [-0.25, -0.2) is 12.7 Å². The van der Waals surface area contributed by atoms with Gasteiger partial charge < -0.3 is 10.1 Å². The third-order valence-corrected chi connectivity index (χ3v) is 5.63. The Bertz CT molecular complexity index is 598. The van der Waals surface area contributed by atoms with Gasteiger partial charge in [0.15, 0.2) is 0 Å². The van der Waals surface area contributed by atoms with E-state index >= 15 is 0 Å². The number of hydrogen-bond donors (Lipinski definition) is 1. The second-order valence-electron chi connectivity index (χ2n) is 5.26. The van der Waals surface area contributed by atoms with Crippen molar-refractivity contribution in [3.63, 3.8) is 0 Å². The molecule has 6 nitrogen and oxygen atoms in total. The molecular weight excluding hydrogens is 304 g/mol. The number of rotatable bonds is 6. The summed E-state index contributed by atoms with van der Waals surface area (Å²) in [6, 6.07) is 6.86. The fourth-order valence-electron chi connectivity index (χ4n) is 2.39. The molecule has 0 radical (unpaired) electrons. The van der Waals surface area contributed by atoms with Gasteiger partial charge in [0, 0.05) is 25.2 Å². The number of nitrogens with zero attached hydrogens (tertiary/aromatic N) is 1. The van der Waals surface area contributed by atoms with E-state index in [2.05, 4.69) is 5.32 Å². The summed E-state index contributed by atoms with van der Waals surface area (Å²) in [4.78, 5) is 11.9. The summed E-state index contributed by atoms with van der Waals surface area (Å²) in [5.41, 5.74) is 0.561. The number of methoxy groups -OCH3 is 1. The van der Waals surface area contributed by atoms with Crippen LogP contribution in [0.25, 0.3) is 0 Å². The molecule has 0 aliphatic carbocycles. The molecular formula is C15H22N2O4S. The Morgan fingerprint density at radius 3 is 2.64 bits per heavy atom. The zero-order valence-corrected chi connectivity index (χ0v) is 13.6. The highest BCUT2D eigenvalue weighted by Crippen LogP contribution is 2.13. The topological polar surface area (TPSA) is 75.7 Å². The molecule has 122 valence electrons. The molecule has 1 N–H and O–H groups in total. The molecule has 0 aromatic heterocycles. The zero-order chi connectivity index (χ0) is 16.0. The average molecular weight is 326 g/mol. The summed E-state index contributed by atoms with van der Waals surface area (Å²) in [6.45, 7) is 1.51. The van der Waals surface area contributed by atoms with E-state index in [0.29, 0.717) is 37.4 Å². The van der Waals surface area contributed by atoms with Crippen LogP contribution in [0.5, 0.6) is 5.75 Å². The molecule has 1 aromatic carbocycles. The minimum absolute atomic E-state index is 0.163. The van der Waals surface area contributed by atoms with E-state index in [4.69, 9.17) is 4.74 Å². The Kier molecular flexibility index (Phi) is 5.79. The Balaban J connectivity index is 1.75. The number of hydrogen-bond acceptors (Lipinski definition) is 4. The van der Waals surface area contributed by atoms with Crippen molar-refractivity contribution in [2.45, 2.75) is 19.3 Å². The minimum atomic E-state index is -3.08. The van der Waals surface area contributed by atoms with Crippen LogP contribution in [0.1, 0.15) is 29.6 Å². The van der Waals surface area contributed by atoms with Crippen LogP contribution < -0.4 is 10.1 Å². The van der Waals surface area contributed by atoms with Crippen molar-refractivity contribution in [3.05, 3.63) is 29.8 Å². The van der Waals surface area contributed by atoms with E-state index in [1.165, 1.54) is 4.31 Å². The Hall–Kier alpha value is -1.60. The van der Waals surface area contributed by atoms with Crippen LogP contribution in [0.15, 0.2) is 24.3 Å². The first-order valence-electron chi connectivity index (χ1n) is 7.43. The van der Waals surface area contributed by atoms with Crippen molar-refractivity contribution in [1.29, 1.82) is 0 Å². The molecule has 7 heteroatoms. The van der Waals surface area contributed by atoms with E-state index in [0.717, 1.165) is 12.8 Å². The lowest BCUT2D eigenvalue weighted by atomic mass is 10.2. The molecule has 0 atom stereocenters. The van der Waals surface area contributed by atoms with Crippen molar-refractivity contribution in [2.75, 3.05) is 32.5 Å². The van der Waals surface area contributed by atoms with Gasteiger partial charge in [-0.05, 0) is 43.5 Å². The predicted molar refractivity (Wildman–Crippen MR) is 84.5 cm³/mol. The van der Waals surface area contributed by atoms with Gasteiger partial charge in [0.05, 0.1) is 12.9 Å². The van der Waals surface area contributed by atoms with Crippen molar-refractivity contribution in [3.8, 4) is 5.75 Å². The molecule has 1 aliphatic heterocycles. The van der Waals surface area contributed by atoms with Gasteiger partial charge in [-0.1, -0.05) is 0 Å². The Morgan fingerprint density at radius 2 is 2.00 bits per heavy atom. The van der Waals surface area contributed by atoms with Crippen LogP contribution in [0.3, 0.4) is 0 Å². The lowest BCUT2D eigenvalue weighted by Gasteiger charge is -2.26. The molecule has 1 fully saturated rings. The fraction of sp³-hybridized carbons (Fsp3) is 0.533. The van der Waals surface area contributed by atoms with Crippen LogP contribution in [-0.2, 0) is 10.0 Å². The Labute approximate surface area is 131 Å². The first-order valence-corrected chi connectivity index (χ1v) is 9.04. The third-order valence-electron chi connectivity index (χ3n) is 3.68. The standard InChI is InChI=1S/C15H22N2O4S/c1-21-14-7-5-13(6-8-14)15(18)16-9-4-11-17-10-2-3-12-22(17,19)20/h5-8H,2-4,9-12H2,1H3,(H,16,18). The Morgan fingerprint density at radius 1 is 1.27 bits per heavy atom. The lowest BCUT2D eigenvalue weighted by molar-refractivity contribution is 0.0952. The first kappa shape index (κ1) is 16.8. The SMILES string of the molecule is COc1ccc(C(=O)NCCCN2CCCCS2(=O)=O)cc1. The number of sulfonamides is 1. The zero-order valence-electron chi connectivity index (χ0n) is 12.7. The number of carbonyl (C=O) groups is 1. The van der Waals surface area contributed by atoms with Crippen molar-refractivity contribution >= 4 is 15.9 Å². The quantitative estimate of drug-likeness (QED) is 0.798. The molecule has 0 saturated carbocycles. The molecule has 1 aromatic rings. The third kappa shape index (κ3) is 4.45. The summed E-state index contributed by atoms with van der Waals surface area (Å²) in [5, 5.41) is 2.80. The minimum Gasteiger partial charge on any atom is -0.497 e. The highest BCUT2D eigenvalue weighted by atomic mass is 32.2. The largest absolute Gasteiger partial charge is 0.497 e. The average Bonchev–Trinajstić information content (AvgIpc) is 2.52. The van der Waals surface area contributed by atoms with Crippen LogP contribution in [0.4, 0.5) is 0 Å². The maximum atomic E-state index is 11.9. The number of amides is 1. The summed E-state index contributed by atoms with van der Waals surface area (Å²) >= 11 is 0.